The number of aryl methyl sites for hydroxylation is 1. The van der Waals surface area contributed by atoms with Crippen molar-refractivity contribution in [3.63, 3.8) is 0 Å². The van der Waals surface area contributed by atoms with Crippen molar-refractivity contribution < 1.29 is 9.53 Å². The van der Waals surface area contributed by atoms with E-state index in [9.17, 15) is 9.59 Å². The number of hydrogen-bond donors (Lipinski definition) is 2. The van der Waals surface area contributed by atoms with Crippen molar-refractivity contribution in [2.75, 3.05) is 31.6 Å². The molecule has 0 aliphatic carbocycles. The minimum absolute atomic E-state index is 0.135. The lowest BCUT2D eigenvalue weighted by Gasteiger charge is -2.32. The number of hydrogen-bond acceptors (Lipinski definition) is 8. The Kier molecular flexibility index (Phi) is 4.94. The molecular formula is C22H22N8O3S. The first-order valence-electron chi connectivity index (χ1n) is 10.9. The van der Waals surface area contributed by atoms with Crippen LogP contribution in [0, 0.1) is 0 Å². The predicted octanol–water partition coefficient (Wildman–Crippen LogP) is 1.85. The molecule has 1 saturated heterocycles. The van der Waals surface area contributed by atoms with Crippen molar-refractivity contribution in [2.45, 2.75) is 13.0 Å². The van der Waals surface area contributed by atoms with Crippen LogP contribution in [0.3, 0.4) is 0 Å². The molecule has 174 valence electrons. The van der Waals surface area contributed by atoms with Crippen LogP contribution in [0.5, 0.6) is 0 Å². The molecule has 1 fully saturated rings. The van der Waals surface area contributed by atoms with Crippen LogP contribution >= 0.6 is 11.3 Å². The van der Waals surface area contributed by atoms with Gasteiger partial charge in [0.2, 0.25) is 5.91 Å². The van der Waals surface area contributed by atoms with E-state index in [-0.39, 0.29) is 24.1 Å². The number of rotatable bonds is 4. The molecule has 34 heavy (non-hydrogen) atoms. The fourth-order valence-corrected chi connectivity index (χ4v) is 5.34. The third-order valence-electron chi connectivity index (χ3n) is 6.03. The molecule has 1 aliphatic heterocycles. The maximum atomic E-state index is 13.0. The highest BCUT2D eigenvalue weighted by molar-refractivity contribution is 7.21. The first-order chi connectivity index (χ1) is 16.5. The number of nitrogens with zero attached hydrogens (tertiary/aromatic N) is 6. The topological polar surface area (TPSA) is 122 Å². The van der Waals surface area contributed by atoms with Crippen LogP contribution in [-0.2, 0) is 16.6 Å². The SMILES string of the molecule is C[C@@H]1COCCN1CC(=O)Nc1cnc2c(c1)[nH]c(=O)c1c2nn2cc(-c3cnn(C)c3)sc12. The maximum Gasteiger partial charge on any atom is 0.261 e. The largest absolute Gasteiger partial charge is 0.379 e. The van der Waals surface area contributed by atoms with E-state index in [4.69, 9.17) is 4.74 Å². The van der Waals surface area contributed by atoms with Gasteiger partial charge in [-0.1, -0.05) is 0 Å². The molecule has 1 amide bonds. The van der Waals surface area contributed by atoms with Gasteiger partial charge >= 0.3 is 0 Å². The molecule has 5 aromatic heterocycles. The Morgan fingerprint density at radius 3 is 3.00 bits per heavy atom. The summed E-state index contributed by atoms with van der Waals surface area (Å²) in [5.74, 6) is -0.135. The number of ether oxygens (including phenoxy) is 1. The number of H-pyrrole nitrogens is 1. The van der Waals surface area contributed by atoms with Gasteiger partial charge in [-0.2, -0.15) is 10.2 Å². The highest BCUT2D eigenvalue weighted by Gasteiger charge is 2.22. The number of nitrogens with one attached hydrogen (secondary N) is 2. The number of carbonyl (C=O) groups is 1. The van der Waals surface area contributed by atoms with E-state index in [1.54, 1.807) is 27.7 Å². The standard InChI is InChI=1S/C22H22N8O3S/c1-12-11-33-4-3-29(12)10-17(31)25-14-5-15-19(23-7-14)20-18(21(32)26-15)22-30(27-20)9-16(34-22)13-6-24-28(2)8-13/h5-9,12H,3-4,10-11H2,1-2H3,(H,25,31)(H,26,32)/t12-/m1/s1. The summed E-state index contributed by atoms with van der Waals surface area (Å²) in [5.41, 5.74) is 2.87. The molecule has 2 N–H and O–H groups in total. The van der Waals surface area contributed by atoms with E-state index in [1.807, 2.05) is 26.4 Å². The van der Waals surface area contributed by atoms with Gasteiger partial charge in [-0.3, -0.25) is 24.2 Å². The number of morpholine rings is 1. The first kappa shape index (κ1) is 21.0. The zero-order valence-electron chi connectivity index (χ0n) is 18.6. The van der Waals surface area contributed by atoms with Gasteiger partial charge in [-0.15, -0.1) is 11.3 Å². The van der Waals surface area contributed by atoms with Crippen LogP contribution in [0.25, 0.3) is 37.2 Å². The number of anilines is 1. The summed E-state index contributed by atoms with van der Waals surface area (Å²) >= 11 is 1.48. The van der Waals surface area contributed by atoms with Crippen molar-refractivity contribution in [2.24, 2.45) is 7.05 Å². The summed E-state index contributed by atoms with van der Waals surface area (Å²) in [7, 11) is 1.86. The zero-order chi connectivity index (χ0) is 23.4. The number of aromatic amines is 1. The number of carbonyl (C=O) groups excluding carboxylic acids is 1. The van der Waals surface area contributed by atoms with Gasteiger partial charge in [0.05, 0.1) is 48.2 Å². The van der Waals surface area contributed by atoms with E-state index >= 15 is 0 Å². The van der Waals surface area contributed by atoms with Gasteiger partial charge in [-0.25, -0.2) is 4.52 Å². The summed E-state index contributed by atoms with van der Waals surface area (Å²) in [6.07, 6.45) is 7.19. The Morgan fingerprint density at radius 1 is 1.32 bits per heavy atom. The van der Waals surface area contributed by atoms with Crippen LogP contribution in [0.4, 0.5) is 5.69 Å². The van der Waals surface area contributed by atoms with Gasteiger partial charge in [0.15, 0.2) is 0 Å². The fourth-order valence-electron chi connectivity index (χ4n) is 4.28. The van der Waals surface area contributed by atoms with Crippen molar-refractivity contribution in [1.29, 1.82) is 0 Å². The highest BCUT2D eigenvalue weighted by Crippen LogP contribution is 2.33. The zero-order valence-corrected chi connectivity index (χ0v) is 19.4. The molecule has 0 bridgehead atoms. The van der Waals surface area contributed by atoms with Crippen LogP contribution < -0.4 is 10.9 Å². The van der Waals surface area contributed by atoms with Crippen molar-refractivity contribution in [3.05, 3.63) is 41.2 Å². The third kappa shape index (κ3) is 3.56. The molecule has 0 radical (unpaired) electrons. The van der Waals surface area contributed by atoms with Gasteiger partial charge in [0.1, 0.15) is 21.3 Å². The average molecular weight is 479 g/mol. The quantitative estimate of drug-likeness (QED) is 0.404. The lowest BCUT2D eigenvalue weighted by Crippen LogP contribution is -2.47. The predicted molar refractivity (Wildman–Crippen MR) is 129 cm³/mol. The van der Waals surface area contributed by atoms with Gasteiger partial charge in [-0.05, 0) is 13.0 Å². The summed E-state index contributed by atoms with van der Waals surface area (Å²) < 4.78 is 8.87. The van der Waals surface area contributed by atoms with E-state index in [0.29, 0.717) is 40.8 Å². The smallest absolute Gasteiger partial charge is 0.261 e. The van der Waals surface area contributed by atoms with Crippen LogP contribution in [0.15, 0.2) is 35.6 Å². The Labute approximate surface area is 197 Å². The normalized spacial score (nSPS) is 17.2. The lowest BCUT2D eigenvalue weighted by atomic mass is 10.2. The van der Waals surface area contributed by atoms with Gasteiger partial charge in [0.25, 0.3) is 5.56 Å². The number of aromatic nitrogens is 6. The molecule has 0 aromatic carbocycles. The molecule has 12 heteroatoms. The minimum atomic E-state index is -0.246. The first-order valence-corrected chi connectivity index (χ1v) is 11.7. The molecule has 0 saturated carbocycles. The number of thiazole rings is 1. The van der Waals surface area contributed by atoms with Crippen molar-refractivity contribution in [3.8, 4) is 10.4 Å². The van der Waals surface area contributed by atoms with Gasteiger partial charge in [0, 0.05) is 37.6 Å². The molecule has 0 spiro atoms. The maximum absolute atomic E-state index is 13.0. The highest BCUT2D eigenvalue weighted by atomic mass is 32.1. The summed E-state index contributed by atoms with van der Waals surface area (Å²) in [6.45, 7) is 4.27. The Bertz CT molecular complexity index is 1610. The molecule has 1 aliphatic rings. The molecule has 6 heterocycles. The molecule has 11 nitrogen and oxygen atoms in total. The Balaban J connectivity index is 1.32. The van der Waals surface area contributed by atoms with E-state index in [0.717, 1.165) is 21.8 Å². The average Bonchev–Trinajstić information content (AvgIpc) is 3.49. The number of pyridine rings is 2. The molecular weight excluding hydrogens is 456 g/mol. The fraction of sp³-hybridized carbons (Fsp3) is 0.318. The van der Waals surface area contributed by atoms with Crippen molar-refractivity contribution >= 4 is 49.7 Å². The lowest BCUT2D eigenvalue weighted by molar-refractivity contribution is -0.119. The molecule has 0 unspecified atom stereocenters. The molecule has 5 aromatic rings. The summed E-state index contributed by atoms with van der Waals surface area (Å²) in [5, 5.41) is 12.2. The van der Waals surface area contributed by atoms with Crippen LogP contribution in [0.1, 0.15) is 6.92 Å². The molecule has 1 atom stereocenters. The van der Waals surface area contributed by atoms with Gasteiger partial charge < -0.3 is 15.0 Å². The van der Waals surface area contributed by atoms with E-state index in [1.165, 1.54) is 11.3 Å². The van der Waals surface area contributed by atoms with E-state index < -0.39 is 0 Å². The monoisotopic (exact) mass is 478 g/mol. The Hall–Kier alpha value is -3.61. The Morgan fingerprint density at radius 2 is 2.21 bits per heavy atom. The second kappa shape index (κ2) is 8.01. The van der Waals surface area contributed by atoms with E-state index in [2.05, 4.69) is 30.4 Å². The molecule has 6 rings (SSSR count). The summed E-state index contributed by atoms with van der Waals surface area (Å²) in [4.78, 5) is 36.8. The second-order valence-electron chi connectivity index (χ2n) is 8.49. The second-order valence-corrected chi connectivity index (χ2v) is 9.52. The number of amides is 1. The van der Waals surface area contributed by atoms with Crippen LogP contribution in [0.2, 0.25) is 0 Å². The minimum Gasteiger partial charge on any atom is -0.379 e. The summed E-state index contributed by atoms with van der Waals surface area (Å²) in [6, 6.07) is 1.91. The van der Waals surface area contributed by atoms with Crippen molar-refractivity contribution in [1.82, 2.24) is 34.3 Å². The van der Waals surface area contributed by atoms with Crippen LogP contribution in [-0.4, -0.2) is 72.5 Å². The third-order valence-corrected chi connectivity index (χ3v) is 7.17. The number of fused-ring (bicyclic) bond motifs is 5.